The van der Waals surface area contributed by atoms with Gasteiger partial charge in [-0.05, 0) is 24.3 Å². The van der Waals surface area contributed by atoms with Crippen LogP contribution in [0.2, 0.25) is 10.0 Å². The number of aromatic nitrogens is 1. The van der Waals surface area contributed by atoms with Crippen LogP contribution in [0.15, 0.2) is 48.0 Å². The molecule has 10 heteroatoms. The topological polar surface area (TPSA) is 91.8 Å². The maximum atomic E-state index is 13.9. The molecule has 3 rings (SSSR count). The fraction of sp³-hybridized carbons (Fsp3) is 0. The van der Waals surface area contributed by atoms with Gasteiger partial charge in [0.2, 0.25) is 0 Å². The Balaban J connectivity index is 1.89. The van der Waals surface area contributed by atoms with Crippen LogP contribution >= 0.6 is 34.5 Å². The number of thiazole rings is 1. The van der Waals surface area contributed by atoms with E-state index in [1.165, 1.54) is 17.5 Å². The monoisotopic (exact) mass is 434 g/mol. The number of halogens is 3. The molecule has 3 aromatic rings. The zero-order valence-corrected chi connectivity index (χ0v) is 16.1. The summed E-state index contributed by atoms with van der Waals surface area (Å²) in [4.78, 5) is 14.6. The molecule has 0 aliphatic heterocycles. The SMILES string of the molecule is N#C/C(=C/Nc1cc([N+](=O)[O-])ccc1F)c1nc(-c2ccc(Cl)cc2Cl)cs1. The van der Waals surface area contributed by atoms with Gasteiger partial charge in [-0.3, -0.25) is 10.1 Å². The van der Waals surface area contributed by atoms with Crippen LogP contribution in [0.5, 0.6) is 0 Å². The zero-order chi connectivity index (χ0) is 20.3. The third-order valence-corrected chi connectivity index (χ3v) is 5.02. The first-order valence-electron chi connectivity index (χ1n) is 7.61. The summed E-state index contributed by atoms with van der Waals surface area (Å²) in [5, 5.41) is 25.8. The number of rotatable bonds is 5. The number of allylic oxidation sites excluding steroid dienone is 1. The van der Waals surface area contributed by atoms with E-state index in [-0.39, 0.29) is 16.9 Å². The van der Waals surface area contributed by atoms with Crippen molar-refractivity contribution in [1.29, 1.82) is 5.26 Å². The first kappa shape index (κ1) is 19.8. The number of nitro benzene ring substituents is 1. The number of non-ortho nitro benzene ring substituents is 1. The number of anilines is 1. The molecule has 0 atom stereocenters. The molecule has 0 saturated carbocycles. The third-order valence-electron chi connectivity index (χ3n) is 3.59. The minimum atomic E-state index is -0.688. The van der Waals surface area contributed by atoms with Crippen molar-refractivity contribution in [1.82, 2.24) is 4.98 Å². The predicted octanol–water partition coefficient (Wildman–Crippen LogP) is 6.14. The van der Waals surface area contributed by atoms with Crippen LogP contribution < -0.4 is 5.32 Å². The van der Waals surface area contributed by atoms with Crippen molar-refractivity contribution in [2.75, 3.05) is 5.32 Å². The van der Waals surface area contributed by atoms with E-state index in [0.717, 1.165) is 18.2 Å². The average Bonchev–Trinajstić information content (AvgIpc) is 3.13. The summed E-state index contributed by atoms with van der Waals surface area (Å²) in [6.45, 7) is 0. The smallest absolute Gasteiger partial charge is 0.271 e. The molecule has 1 aromatic heterocycles. The number of nitrogens with zero attached hydrogens (tertiary/aromatic N) is 3. The minimum Gasteiger partial charge on any atom is -0.358 e. The maximum Gasteiger partial charge on any atom is 0.271 e. The summed E-state index contributed by atoms with van der Waals surface area (Å²) < 4.78 is 13.9. The van der Waals surface area contributed by atoms with Crippen molar-refractivity contribution in [2.45, 2.75) is 0 Å². The molecule has 2 aromatic carbocycles. The molecular weight excluding hydrogens is 426 g/mol. The van der Waals surface area contributed by atoms with E-state index >= 15 is 0 Å². The Bertz CT molecular complexity index is 1140. The highest BCUT2D eigenvalue weighted by atomic mass is 35.5. The lowest BCUT2D eigenvalue weighted by molar-refractivity contribution is -0.384. The fourth-order valence-corrected chi connectivity index (χ4v) is 3.54. The molecule has 0 fully saturated rings. The Labute approximate surface area is 172 Å². The van der Waals surface area contributed by atoms with E-state index in [9.17, 15) is 19.8 Å². The van der Waals surface area contributed by atoms with Crippen molar-refractivity contribution in [3.8, 4) is 17.3 Å². The van der Waals surface area contributed by atoms with E-state index in [0.29, 0.717) is 26.3 Å². The van der Waals surface area contributed by atoms with Crippen molar-refractivity contribution in [3.05, 3.63) is 79.0 Å². The van der Waals surface area contributed by atoms with Crippen molar-refractivity contribution in [3.63, 3.8) is 0 Å². The normalized spacial score (nSPS) is 11.1. The summed E-state index contributed by atoms with van der Waals surface area (Å²) in [5.74, 6) is -0.688. The molecular formula is C18H9Cl2FN4O2S. The zero-order valence-electron chi connectivity index (χ0n) is 13.8. The van der Waals surface area contributed by atoms with Crippen LogP contribution in [0, 0.1) is 27.3 Å². The third kappa shape index (κ3) is 4.28. The highest BCUT2D eigenvalue weighted by molar-refractivity contribution is 7.11. The molecule has 0 bridgehead atoms. The lowest BCUT2D eigenvalue weighted by atomic mass is 10.2. The number of hydrogen-bond donors (Lipinski definition) is 1. The quantitative estimate of drug-likeness (QED) is 0.295. The molecule has 0 aliphatic rings. The minimum absolute atomic E-state index is 0.125. The molecule has 0 amide bonds. The van der Waals surface area contributed by atoms with Gasteiger partial charge in [-0.15, -0.1) is 11.3 Å². The summed E-state index contributed by atoms with van der Waals surface area (Å²) in [5.41, 5.74) is 0.948. The summed E-state index contributed by atoms with van der Waals surface area (Å²) in [6, 6.07) is 10.0. The molecule has 1 heterocycles. The maximum absolute atomic E-state index is 13.9. The van der Waals surface area contributed by atoms with Gasteiger partial charge in [-0.1, -0.05) is 23.2 Å². The van der Waals surface area contributed by atoms with E-state index < -0.39 is 10.7 Å². The Morgan fingerprint density at radius 2 is 2.11 bits per heavy atom. The molecule has 28 heavy (non-hydrogen) atoms. The molecule has 1 N–H and O–H groups in total. The van der Waals surface area contributed by atoms with Gasteiger partial charge in [0.15, 0.2) is 0 Å². The van der Waals surface area contributed by atoms with Gasteiger partial charge < -0.3 is 5.32 Å². The van der Waals surface area contributed by atoms with Gasteiger partial charge in [0.05, 0.1) is 21.3 Å². The highest BCUT2D eigenvalue weighted by Gasteiger charge is 2.13. The summed E-state index contributed by atoms with van der Waals surface area (Å²) >= 11 is 13.3. The van der Waals surface area contributed by atoms with Gasteiger partial charge in [-0.2, -0.15) is 5.26 Å². The van der Waals surface area contributed by atoms with Gasteiger partial charge in [-0.25, -0.2) is 9.37 Å². The Morgan fingerprint density at radius 1 is 1.32 bits per heavy atom. The summed E-state index contributed by atoms with van der Waals surface area (Å²) in [7, 11) is 0. The first-order chi connectivity index (χ1) is 13.4. The van der Waals surface area contributed by atoms with E-state index in [1.807, 2.05) is 6.07 Å². The van der Waals surface area contributed by atoms with Gasteiger partial charge >= 0.3 is 0 Å². The number of nitriles is 1. The largest absolute Gasteiger partial charge is 0.358 e. The van der Waals surface area contributed by atoms with E-state index in [4.69, 9.17) is 23.2 Å². The predicted molar refractivity (Wildman–Crippen MR) is 108 cm³/mol. The molecule has 0 radical (unpaired) electrons. The van der Waals surface area contributed by atoms with Gasteiger partial charge in [0.25, 0.3) is 5.69 Å². The standard InChI is InChI=1S/C18H9Cl2FN4O2S/c19-11-1-3-13(14(20)5-11)17-9-28-18(24-17)10(7-22)8-23-16-6-12(25(26)27)2-4-15(16)21/h1-6,8-9,23H/b10-8-. The Morgan fingerprint density at radius 3 is 2.79 bits per heavy atom. The van der Waals surface area contributed by atoms with E-state index in [2.05, 4.69) is 10.3 Å². The van der Waals surface area contributed by atoms with Gasteiger partial charge in [0.1, 0.15) is 22.5 Å². The fourth-order valence-electron chi connectivity index (χ4n) is 2.25. The molecule has 0 spiro atoms. The van der Waals surface area contributed by atoms with E-state index in [1.54, 1.807) is 23.6 Å². The second-order valence-electron chi connectivity index (χ2n) is 5.40. The molecule has 0 aliphatic carbocycles. The first-order valence-corrected chi connectivity index (χ1v) is 9.24. The van der Waals surface area contributed by atoms with Crippen LogP contribution in [0.1, 0.15) is 5.01 Å². The number of benzene rings is 2. The Kier molecular flexibility index (Phi) is 5.90. The van der Waals surface area contributed by atoms with Crippen molar-refractivity contribution in [2.24, 2.45) is 0 Å². The Hall–Kier alpha value is -2.99. The van der Waals surface area contributed by atoms with Crippen LogP contribution in [-0.4, -0.2) is 9.91 Å². The number of nitro groups is 1. The summed E-state index contributed by atoms with van der Waals surface area (Å²) in [6.07, 6.45) is 1.24. The molecule has 6 nitrogen and oxygen atoms in total. The molecule has 0 unspecified atom stereocenters. The van der Waals surface area contributed by atoms with Crippen LogP contribution in [0.3, 0.4) is 0 Å². The van der Waals surface area contributed by atoms with Gasteiger partial charge in [0, 0.05) is 34.3 Å². The van der Waals surface area contributed by atoms with Crippen molar-refractivity contribution >= 4 is 51.5 Å². The van der Waals surface area contributed by atoms with Crippen LogP contribution in [0.4, 0.5) is 15.8 Å². The van der Waals surface area contributed by atoms with Crippen LogP contribution in [-0.2, 0) is 0 Å². The lowest BCUT2D eigenvalue weighted by Crippen LogP contribution is -1.96. The van der Waals surface area contributed by atoms with Crippen LogP contribution in [0.25, 0.3) is 16.8 Å². The number of hydrogen-bond acceptors (Lipinski definition) is 6. The molecule has 0 saturated heterocycles. The van der Waals surface area contributed by atoms with Crippen molar-refractivity contribution < 1.29 is 9.31 Å². The second-order valence-corrected chi connectivity index (χ2v) is 7.10. The number of nitrogens with one attached hydrogen (secondary N) is 1. The lowest BCUT2D eigenvalue weighted by Gasteiger charge is -2.03. The highest BCUT2D eigenvalue weighted by Crippen LogP contribution is 2.32. The second kappa shape index (κ2) is 8.35. The average molecular weight is 435 g/mol. The molecule has 140 valence electrons.